The molecule has 0 aliphatic heterocycles. The van der Waals surface area contributed by atoms with Crippen molar-refractivity contribution in [3.63, 3.8) is 0 Å². The van der Waals surface area contributed by atoms with Crippen molar-refractivity contribution in [2.45, 2.75) is 6.42 Å². The van der Waals surface area contributed by atoms with E-state index in [1.54, 1.807) is 0 Å². The molecule has 5 nitrogen and oxygen atoms in total. The zero-order valence-corrected chi connectivity index (χ0v) is 15.1. The molecule has 0 saturated heterocycles. The summed E-state index contributed by atoms with van der Waals surface area (Å²) >= 11 is 0. The summed E-state index contributed by atoms with van der Waals surface area (Å²) in [6.07, 6.45) is 4.05. The standard InChI is InChI=1S/C23H18N4O/c28-23(13-16-14-24-20-6-2-1-5-19(16)20)26-17-9-11-18(12-10-17)27-15-25-21-7-3-4-8-22(21)27/h1-12,14-15,24H,13H2,(H,26,28). The van der Waals surface area contributed by atoms with Gasteiger partial charge in [-0.1, -0.05) is 30.3 Å². The maximum atomic E-state index is 12.5. The molecule has 0 aliphatic carbocycles. The molecular formula is C23H18N4O. The number of para-hydroxylation sites is 3. The Bertz CT molecular complexity index is 1280. The van der Waals surface area contributed by atoms with Crippen LogP contribution >= 0.6 is 0 Å². The normalized spacial score (nSPS) is 11.1. The predicted molar refractivity (Wildman–Crippen MR) is 112 cm³/mol. The number of nitrogens with zero attached hydrogens (tertiary/aromatic N) is 2. The second-order valence-electron chi connectivity index (χ2n) is 6.73. The summed E-state index contributed by atoms with van der Waals surface area (Å²) < 4.78 is 2.03. The zero-order chi connectivity index (χ0) is 18.9. The molecule has 2 N–H and O–H groups in total. The minimum atomic E-state index is -0.0365. The van der Waals surface area contributed by atoms with Gasteiger partial charge in [-0.05, 0) is 48.0 Å². The first kappa shape index (κ1) is 16.3. The molecule has 0 aliphatic rings. The van der Waals surface area contributed by atoms with Gasteiger partial charge < -0.3 is 10.3 Å². The lowest BCUT2D eigenvalue weighted by atomic mass is 10.1. The number of rotatable bonds is 4. The van der Waals surface area contributed by atoms with Gasteiger partial charge in [0.25, 0.3) is 0 Å². The van der Waals surface area contributed by atoms with Crippen LogP contribution in [0.25, 0.3) is 27.6 Å². The molecule has 28 heavy (non-hydrogen) atoms. The Morgan fingerprint density at radius 2 is 1.75 bits per heavy atom. The second kappa shape index (κ2) is 6.70. The topological polar surface area (TPSA) is 62.7 Å². The van der Waals surface area contributed by atoms with Gasteiger partial charge in [0.15, 0.2) is 0 Å². The fraction of sp³-hybridized carbons (Fsp3) is 0.0435. The van der Waals surface area contributed by atoms with Crippen molar-refractivity contribution in [1.82, 2.24) is 14.5 Å². The molecule has 0 spiro atoms. The summed E-state index contributed by atoms with van der Waals surface area (Å²) in [5.74, 6) is -0.0365. The number of nitrogens with one attached hydrogen (secondary N) is 2. The highest BCUT2D eigenvalue weighted by atomic mass is 16.1. The number of carbonyl (C=O) groups excluding carboxylic acids is 1. The number of hydrogen-bond acceptors (Lipinski definition) is 2. The van der Waals surface area contributed by atoms with E-state index in [1.165, 1.54) is 0 Å². The van der Waals surface area contributed by atoms with Gasteiger partial charge in [-0.3, -0.25) is 9.36 Å². The van der Waals surface area contributed by atoms with Crippen LogP contribution in [0.15, 0.2) is 85.3 Å². The first-order valence-corrected chi connectivity index (χ1v) is 9.15. The minimum absolute atomic E-state index is 0.0365. The van der Waals surface area contributed by atoms with Crippen molar-refractivity contribution in [3.8, 4) is 5.69 Å². The van der Waals surface area contributed by atoms with E-state index in [-0.39, 0.29) is 5.91 Å². The summed E-state index contributed by atoms with van der Waals surface area (Å²) in [7, 11) is 0. The van der Waals surface area contributed by atoms with Crippen molar-refractivity contribution in [2.24, 2.45) is 0 Å². The number of benzene rings is 3. The third-order valence-electron chi connectivity index (χ3n) is 4.91. The summed E-state index contributed by atoms with van der Waals surface area (Å²) in [6.45, 7) is 0. The average molecular weight is 366 g/mol. The van der Waals surface area contributed by atoms with Crippen LogP contribution in [-0.2, 0) is 11.2 Å². The Morgan fingerprint density at radius 3 is 2.64 bits per heavy atom. The van der Waals surface area contributed by atoms with E-state index in [9.17, 15) is 4.79 Å². The van der Waals surface area contributed by atoms with Crippen LogP contribution in [0.1, 0.15) is 5.56 Å². The third kappa shape index (κ3) is 2.93. The molecule has 2 heterocycles. The summed E-state index contributed by atoms with van der Waals surface area (Å²) in [5.41, 5.74) is 5.83. The fourth-order valence-corrected chi connectivity index (χ4v) is 3.53. The molecule has 0 radical (unpaired) electrons. The maximum absolute atomic E-state index is 12.5. The molecule has 5 aromatic rings. The Morgan fingerprint density at radius 1 is 0.964 bits per heavy atom. The maximum Gasteiger partial charge on any atom is 0.228 e. The molecule has 0 fully saturated rings. The summed E-state index contributed by atoms with van der Waals surface area (Å²) in [6, 6.07) is 23.8. The van der Waals surface area contributed by atoms with E-state index in [0.717, 1.165) is 38.9 Å². The van der Waals surface area contributed by atoms with Crippen LogP contribution in [0.2, 0.25) is 0 Å². The number of aromatic nitrogens is 3. The van der Waals surface area contributed by atoms with E-state index in [2.05, 4.69) is 15.3 Å². The van der Waals surface area contributed by atoms with Crippen LogP contribution in [0.4, 0.5) is 5.69 Å². The summed E-state index contributed by atoms with van der Waals surface area (Å²) in [5, 5.41) is 4.06. The number of carbonyl (C=O) groups is 1. The molecule has 0 atom stereocenters. The number of imidazole rings is 1. The molecule has 0 unspecified atom stereocenters. The van der Waals surface area contributed by atoms with Gasteiger partial charge in [-0.25, -0.2) is 4.98 Å². The molecule has 3 aromatic carbocycles. The molecular weight excluding hydrogens is 348 g/mol. The van der Waals surface area contributed by atoms with Gasteiger partial charge in [-0.15, -0.1) is 0 Å². The largest absolute Gasteiger partial charge is 0.361 e. The lowest BCUT2D eigenvalue weighted by Gasteiger charge is -2.08. The van der Waals surface area contributed by atoms with Crippen molar-refractivity contribution < 1.29 is 4.79 Å². The first-order chi connectivity index (χ1) is 13.8. The van der Waals surface area contributed by atoms with Gasteiger partial charge in [0.1, 0.15) is 6.33 Å². The van der Waals surface area contributed by atoms with Crippen molar-refractivity contribution in [1.29, 1.82) is 0 Å². The number of H-pyrrole nitrogens is 1. The Kier molecular flexibility index (Phi) is 3.91. The van der Waals surface area contributed by atoms with Gasteiger partial charge >= 0.3 is 0 Å². The molecule has 136 valence electrons. The highest BCUT2D eigenvalue weighted by molar-refractivity contribution is 5.95. The fourth-order valence-electron chi connectivity index (χ4n) is 3.53. The van der Waals surface area contributed by atoms with E-state index < -0.39 is 0 Å². The predicted octanol–water partition coefficient (Wildman–Crippen LogP) is 4.69. The van der Waals surface area contributed by atoms with Crippen LogP contribution in [0.5, 0.6) is 0 Å². The number of fused-ring (bicyclic) bond motifs is 2. The first-order valence-electron chi connectivity index (χ1n) is 9.15. The van der Waals surface area contributed by atoms with Gasteiger partial charge in [0.2, 0.25) is 5.91 Å². The third-order valence-corrected chi connectivity index (χ3v) is 4.91. The Balaban J connectivity index is 1.33. The van der Waals surface area contributed by atoms with Crippen LogP contribution < -0.4 is 5.32 Å². The average Bonchev–Trinajstić information content (AvgIpc) is 3.33. The van der Waals surface area contributed by atoms with Crippen LogP contribution in [-0.4, -0.2) is 20.4 Å². The monoisotopic (exact) mass is 366 g/mol. The van der Waals surface area contributed by atoms with Crippen LogP contribution in [0.3, 0.4) is 0 Å². The molecule has 5 heteroatoms. The Hall–Kier alpha value is -3.86. The van der Waals surface area contributed by atoms with E-state index in [4.69, 9.17) is 0 Å². The Labute approximate surface area is 161 Å². The number of anilines is 1. The van der Waals surface area contributed by atoms with Crippen LogP contribution in [0, 0.1) is 0 Å². The number of aromatic amines is 1. The molecule has 0 bridgehead atoms. The van der Waals surface area contributed by atoms with E-state index >= 15 is 0 Å². The van der Waals surface area contributed by atoms with E-state index in [1.807, 2.05) is 89.9 Å². The smallest absolute Gasteiger partial charge is 0.228 e. The lowest BCUT2D eigenvalue weighted by Crippen LogP contribution is -2.14. The van der Waals surface area contributed by atoms with Gasteiger partial charge in [-0.2, -0.15) is 0 Å². The summed E-state index contributed by atoms with van der Waals surface area (Å²) in [4.78, 5) is 20.1. The molecule has 5 rings (SSSR count). The van der Waals surface area contributed by atoms with Gasteiger partial charge in [0.05, 0.1) is 17.5 Å². The second-order valence-corrected chi connectivity index (χ2v) is 6.73. The highest BCUT2D eigenvalue weighted by Gasteiger charge is 2.09. The van der Waals surface area contributed by atoms with E-state index in [0.29, 0.717) is 6.42 Å². The van der Waals surface area contributed by atoms with Crippen molar-refractivity contribution in [3.05, 3.63) is 90.9 Å². The zero-order valence-electron chi connectivity index (χ0n) is 15.1. The highest BCUT2D eigenvalue weighted by Crippen LogP contribution is 2.21. The molecule has 1 amide bonds. The van der Waals surface area contributed by atoms with Gasteiger partial charge in [0, 0.05) is 28.5 Å². The van der Waals surface area contributed by atoms with Crippen molar-refractivity contribution >= 4 is 33.5 Å². The molecule has 0 saturated carbocycles. The quantitative estimate of drug-likeness (QED) is 0.485. The minimum Gasteiger partial charge on any atom is -0.361 e. The SMILES string of the molecule is O=C(Cc1c[nH]c2ccccc12)Nc1ccc(-n2cnc3ccccc32)cc1. The number of amides is 1. The van der Waals surface area contributed by atoms with Crippen molar-refractivity contribution in [2.75, 3.05) is 5.32 Å². The molecule has 2 aromatic heterocycles. The number of hydrogen-bond donors (Lipinski definition) is 2. The lowest BCUT2D eigenvalue weighted by molar-refractivity contribution is -0.115.